The van der Waals surface area contributed by atoms with E-state index in [1.807, 2.05) is 6.08 Å². The molecule has 0 radical (unpaired) electrons. The molecule has 11 heteroatoms. The van der Waals surface area contributed by atoms with Crippen molar-refractivity contribution < 1.29 is 33.4 Å². The molecule has 2 aromatic carbocycles. The summed E-state index contributed by atoms with van der Waals surface area (Å²) in [7, 11) is 1.38. The van der Waals surface area contributed by atoms with Gasteiger partial charge in [-0.2, -0.15) is 0 Å². The van der Waals surface area contributed by atoms with Crippen LogP contribution in [-0.2, 0) is 19.2 Å². The van der Waals surface area contributed by atoms with Crippen molar-refractivity contribution in [1.82, 2.24) is 4.90 Å². The summed E-state index contributed by atoms with van der Waals surface area (Å²) in [5, 5.41) is 10.2. The van der Waals surface area contributed by atoms with Crippen LogP contribution < -0.4 is 9.64 Å². The average Bonchev–Trinajstić information content (AvgIpc) is 3.31. The van der Waals surface area contributed by atoms with Gasteiger partial charge in [0.25, 0.3) is 0 Å². The van der Waals surface area contributed by atoms with E-state index in [0.717, 1.165) is 16.5 Å². The first-order valence-corrected chi connectivity index (χ1v) is 14.2. The summed E-state index contributed by atoms with van der Waals surface area (Å²) in [5.74, 6) is -5.68. The number of halogens is 3. The Morgan fingerprint density at radius 1 is 1.05 bits per heavy atom. The number of likely N-dealkylation sites (tertiary alicyclic amines) is 1. The second kappa shape index (κ2) is 9.56. The van der Waals surface area contributed by atoms with Gasteiger partial charge in [-0.1, -0.05) is 34.9 Å². The van der Waals surface area contributed by atoms with Crippen molar-refractivity contribution in [3.63, 3.8) is 0 Å². The van der Waals surface area contributed by atoms with Gasteiger partial charge in [0.1, 0.15) is 5.82 Å². The maximum Gasteiger partial charge on any atom is 0.241 e. The lowest BCUT2D eigenvalue weighted by molar-refractivity contribution is -0.140. The predicted octanol–water partition coefficient (Wildman–Crippen LogP) is 5.10. The lowest BCUT2D eigenvalue weighted by Crippen LogP contribution is -2.48. The fourth-order valence-electron chi connectivity index (χ4n) is 7.56. The third kappa shape index (κ3) is 3.71. The van der Waals surface area contributed by atoms with Crippen LogP contribution in [0.2, 0.25) is 10.0 Å². The molecule has 6 unspecified atom stereocenters. The molecule has 2 aromatic rings. The molecular weight excluding hydrogens is 574 g/mol. The molecule has 2 aliphatic carbocycles. The number of phenolic OH excluding ortho intramolecular Hbond substituents is 1. The lowest BCUT2D eigenvalue weighted by atomic mass is 9.51. The molecule has 2 saturated heterocycles. The van der Waals surface area contributed by atoms with E-state index >= 15 is 0 Å². The standard InChI is InChI=1S/C30H27Cl2FN2O6/c1-4-34-26(37)16-7-6-15-17(23(16)28(34)39)12-18-27(38)35(14-5-8-21(33)19(31)11-14)29(40)30(18,2)24(15)13-9-20(32)25(36)22(10-13)41-3/h5-6,8-11,16-18,23-24,36H,4,7,12H2,1-3H3. The quantitative estimate of drug-likeness (QED) is 0.387. The summed E-state index contributed by atoms with van der Waals surface area (Å²) in [4.78, 5) is 57.4. The highest BCUT2D eigenvalue weighted by Crippen LogP contribution is 2.64. The Morgan fingerprint density at radius 2 is 1.78 bits per heavy atom. The number of amides is 4. The number of fused-ring (bicyclic) bond motifs is 4. The van der Waals surface area contributed by atoms with Crippen molar-refractivity contribution in [2.75, 3.05) is 18.6 Å². The molecule has 2 heterocycles. The summed E-state index contributed by atoms with van der Waals surface area (Å²) in [6.45, 7) is 3.71. The van der Waals surface area contributed by atoms with Gasteiger partial charge in [0.15, 0.2) is 11.5 Å². The van der Waals surface area contributed by atoms with Crippen molar-refractivity contribution in [2.45, 2.75) is 32.6 Å². The smallest absolute Gasteiger partial charge is 0.241 e. The molecule has 4 amide bonds. The van der Waals surface area contributed by atoms with Gasteiger partial charge in [-0.25, -0.2) is 9.29 Å². The van der Waals surface area contributed by atoms with Crippen molar-refractivity contribution >= 4 is 52.5 Å². The second-order valence-electron chi connectivity index (χ2n) is 11.2. The van der Waals surface area contributed by atoms with Gasteiger partial charge in [-0.3, -0.25) is 24.1 Å². The summed E-state index contributed by atoms with van der Waals surface area (Å²) in [6.07, 6.45) is 2.41. The summed E-state index contributed by atoms with van der Waals surface area (Å²) < 4.78 is 19.4. The number of hydrogen-bond donors (Lipinski definition) is 1. The number of aromatic hydroxyl groups is 1. The SMILES string of the molecule is CCN1C(=O)C2CC=C3C(CC4C(=O)N(c5ccc(F)c(Cl)c5)C(=O)C4(C)C3c3cc(Cl)c(O)c(OC)c3)C2C1=O. The molecule has 6 rings (SSSR count). The van der Waals surface area contributed by atoms with E-state index in [1.165, 1.54) is 30.2 Å². The van der Waals surface area contributed by atoms with Gasteiger partial charge in [0.2, 0.25) is 23.6 Å². The van der Waals surface area contributed by atoms with Crippen LogP contribution in [0.3, 0.4) is 0 Å². The Balaban J connectivity index is 1.56. The number of hydrogen-bond acceptors (Lipinski definition) is 6. The van der Waals surface area contributed by atoms with Crippen LogP contribution in [0, 0.1) is 34.9 Å². The monoisotopic (exact) mass is 600 g/mol. The maximum absolute atomic E-state index is 14.4. The molecule has 6 atom stereocenters. The number of carbonyl (C=O) groups is 4. The Morgan fingerprint density at radius 3 is 2.44 bits per heavy atom. The molecule has 2 aliphatic heterocycles. The van der Waals surface area contributed by atoms with E-state index in [4.69, 9.17) is 27.9 Å². The average molecular weight is 601 g/mol. The fourth-order valence-corrected chi connectivity index (χ4v) is 7.95. The molecule has 0 bridgehead atoms. The molecule has 0 aromatic heterocycles. The molecule has 1 saturated carbocycles. The van der Waals surface area contributed by atoms with E-state index in [0.29, 0.717) is 12.0 Å². The molecule has 1 N–H and O–H groups in total. The van der Waals surface area contributed by atoms with E-state index in [1.54, 1.807) is 19.9 Å². The van der Waals surface area contributed by atoms with Crippen LogP contribution in [0.5, 0.6) is 11.5 Å². The number of carbonyl (C=O) groups excluding carboxylic acids is 4. The molecule has 3 fully saturated rings. The van der Waals surface area contributed by atoms with Crippen LogP contribution in [0.1, 0.15) is 38.2 Å². The van der Waals surface area contributed by atoms with Crippen molar-refractivity contribution in [3.05, 3.63) is 63.4 Å². The summed E-state index contributed by atoms with van der Waals surface area (Å²) in [5.41, 5.74) is 0.0965. The maximum atomic E-state index is 14.4. The first kappa shape index (κ1) is 27.7. The number of ether oxygens (including phenoxy) is 1. The first-order chi connectivity index (χ1) is 19.4. The van der Waals surface area contributed by atoms with Crippen LogP contribution in [0.4, 0.5) is 10.1 Å². The highest BCUT2D eigenvalue weighted by Gasteiger charge is 2.67. The van der Waals surface area contributed by atoms with Crippen LogP contribution >= 0.6 is 23.2 Å². The van der Waals surface area contributed by atoms with Gasteiger partial charge >= 0.3 is 0 Å². The zero-order valence-electron chi connectivity index (χ0n) is 22.5. The topological polar surface area (TPSA) is 104 Å². The third-order valence-corrected chi connectivity index (χ3v) is 10.0. The predicted molar refractivity (Wildman–Crippen MR) is 148 cm³/mol. The minimum absolute atomic E-state index is 0.000803. The van der Waals surface area contributed by atoms with Crippen LogP contribution in [0.15, 0.2) is 42.0 Å². The van der Waals surface area contributed by atoms with E-state index in [9.17, 15) is 28.7 Å². The van der Waals surface area contributed by atoms with Gasteiger partial charge in [0.05, 0.1) is 46.0 Å². The Labute approximate surface area is 245 Å². The van der Waals surface area contributed by atoms with E-state index < -0.39 is 52.6 Å². The van der Waals surface area contributed by atoms with Crippen molar-refractivity contribution in [2.24, 2.45) is 29.1 Å². The molecule has 4 aliphatic rings. The number of rotatable bonds is 4. The minimum Gasteiger partial charge on any atom is -0.503 e. The zero-order valence-corrected chi connectivity index (χ0v) is 24.0. The Bertz CT molecular complexity index is 1580. The zero-order chi connectivity index (χ0) is 29.5. The van der Waals surface area contributed by atoms with E-state index in [-0.39, 0.29) is 52.0 Å². The van der Waals surface area contributed by atoms with Gasteiger partial charge < -0.3 is 9.84 Å². The Kier molecular flexibility index (Phi) is 6.46. The van der Waals surface area contributed by atoms with Crippen LogP contribution in [0.25, 0.3) is 0 Å². The van der Waals surface area contributed by atoms with Gasteiger partial charge in [0, 0.05) is 12.5 Å². The van der Waals surface area contributed by atoms with Gasteiger partial charge in [-0.05, 0) is 68.5 Å². The van der Waals surface area contributed by atoms with Crippen LogP contribution in [-0.4, -0.2) is 47.3 Å². The first-order valence-electron chi connectivity index (χ1n) is 13.4. The molecular formula is C30H27Cl2FN2O6. The number of phenols is 1. The highest BCUT2D eigenvalue weighted by atomic mass is 35.5. The molecule has 41 heavy (non-hydrogen) atoms. The van der Waals surface area contributed by atoms with Crippen molar-refractivity contribution in [3.8, 4) is 11.5 Å². The third-order valence-electron chi connectivity index (χ3n) is 9.45. The molecule has 214 valence electrons. The Hall–Kier alpha value is -3.43. The summed E-state index contributed by atoms with van der Waals surface area (Å²) >= 11 is 12.4. The number of methoxy groups -OCH3 is 1. The summed E-state index contributed by atoms with van der Waals surface area (Å²) in [6, 6.07) is 6.78. The fraction of sp³-hybridized carbons (Fsp3) is 0.400. The number of benzene rings is 2. The highest BCUT2D eigenvalue weighted by molar-refractivity contribution is 6.32. The number of anilines is 1. The largest absolute Gasteiger partial charge is 0.503 e. The van der Waals surface area contributed by atoms with E-state index in [2.05, 4.69) is 0 Å². The molecule has 8 nitrogen and oxygen atoms in total. The minimum atomic E-state index is -1.34. The van der Waals surface area contributed by atoms with Crippen molar-refractivity contribution in [1.29, 1.82) is 0 Å². The second-order valence-corrected chi connectivity index (χ2v) is 12.0. The molecule has 0 spiro atoms. The normalized spacial score (nSPS) is 30.8. The number of allylic oxidation sites excluding steroid dienone is 2. The van der Waals surface area contributed by atoms with Gasteiger partial charge in [-0.15, -0.1) is 0 Å². The number of imide groups is 2. The lowest BCUT2D eigenvalue weighted by Gasteiger charge is -2.49. The number of nitrogens with zero attached hydrogens (tertiary/aromatic N) is 2.